The summed E-state index contributed by atoms with van der Waals surface area (Å²) in [5.41, 5.74) is 1.01. The molecule has 0 aromatic heterocycles. The Labute approximate surface area is 94.6 Å². The molecule has 4 heteroatoms. The first-order valence-electron chi connectivity index (χ1n) is 5.18. The van der Waals surface area contributed by atoms with E-state index in [0.717, 1.165) is 5.56 Å². The predicted molar refractivity (Wildman–Crippen MR) is 59.5 cm³/mol. The van der Waals surface area contributed by atoms with Gasteiger partial charge >= 0.3 is 0 Å². The predicted octanol–water partition coefficient (Wildman–Crippen LogP) is 1.25. The summed E-state index contributed by atoms with van der Waals surface area (Å²) in [6.07, 6.45) is 0.256. The van der Waals surface area contributed by atoms with Crippen molar-refractivity contribution < 1.29 is 14.3 Å². The van der Waals surface area contributed by atoms with Crippen molar-refractivity contribution in [1.82, 2.24) is 5.32 Å². The minimum Gasteiger partial charge on any atom is -0.444 e. The lowest BCUT2D eigenvalue weighted by Crippen LogP contribution is -2.37. The number of hydrogen-bond acceptors (Lipinski definition) is 3. The number of benzene rings is 1. The van der Waals surface area contributed by atoms with Gasteiger partial charge in [0.2, 0.25) is 5.91 Å². The van der Waals surface area contributed by atoms with Gasteiger partial charge in [0.25, 0.3) is 6.47 Å². The van der Waals surface area contributed by atoms with E-state index >= 15 is 0 Å². The Bertz CT molecular complexity index is 337. The summed E-state index contributed by atoms with van der Waals surface area (Å²) in [5, 5.41) is 2.62. The summed E-state index contributed by atoms with van der Waals surface area (Å²) >= 11 is 0. The Kier molecular flexibility index (Phi) is 5.05. The third-order valence-corrected chi connectivity index (χ3v) is 2.13. The number of carbonyl (C=O) groups excluding carboxylic acids is 2. The monoisotopic (exact) mass is 221 g/mol. The van der Waals surface area contributed by atoms with Crippen molar-refractivity contribution in [2.24, 2.45) is 0 Å². The zero-order chi connectivity index (χ0) is 11.8. The molecule has 0 aliphatic heterocycles. The molecule has 0 fully saturated rings. The van der Waals surface area contributed by atoms with Crippen LogP contribution in [0.5, 0.6) is 0 Å². The first-order valence-corrected chi connectivity index (χ1v) is 5.18. The topological polar surface area (TPSA) is 55.4 Å². The maximum atomic E-state index is 11.2. The molecule has 1 rings (SSSR count). The van der Waals surface area contributed by atoms with E-state index in [1.54, 1.807) is 6.92 Å². The highest BCUT2D eigenvalue weighted by atomic mass is 16.5. The van der Waals surface area contributed by atoms with Gasteiger partial charge in [-0.25, -0.2) is 0 Å². The molecule has 16 heavy (non-hydrogen) atoms. The molecule has 0 heterocycles. The van der Waals surface area contributed by atoms with Gasteiger partial charge in [0.1, 0.15) is 0 Å². The highest BCUT2D eigenvalue weighted by molar-refractivity contribution is 5.75. The number of amides is 1. The van der Waals surface area contributed by atoms with Crippen LogP contribution in [0.3, 0.4) is 0 Å². The van der Waals surface area contributed by atoms with Crippen molar-refractivity contribution in [3.63, 3.8) is 0 Å². The molecule has 1 aromatic rings. The number of hydrogen-bond donors (Lipinski definition) is 1. The maximum Gasteiger partial charge on any atom is 0.295 e. The van der Waals surface area contributed by atoms with E-state index in [1.165, 1.54) is 0 Å². The Morgan fingerprint density at radius 1 is 1.44 bits per heavy atom. The third kappa shape index (κ3) is 4.13. The van der Waals surface area contributed by atoms with Crippen LogP contribution in [0.2, 0.25) is 0 Å². The largest absolute Gasteiger partial charge is 0.444 e. The molecule has 4 nitrogen and oxygen atoms in total. The van der Waals surface area contributed by atoms with Gasteiger partial charge in [0, 0.05) is 12.8 Å². The molecular formula is C12H15NO3. The minimum absolute atomic E-state index is 0.136. The van der Waals surface area contributed by atoms with Crippen LogP contribution in [-0.4, -0.2) is 18.6 Å². The lowest BCUT2D eigenvalue weighted by molar-refractivity contribution is -0.138. The van der Waals surface area contributed by atoms with Gasteiger partial charge in [0.05, 0.1) is 0 Å². The fourth-order valence-electron chi connectivity index (χ4n) is 1.31. The van der Waals surface area contributed by atoms with Gasteiger partial charge in [0.15, 0.2) is 6.23 Å². The molecule has 0 saturated heterocycles. The standard InChI is InChI=1S/C12H15NO3/c1-2-11(15)13-12(16-9-14)8-10-6-4-3-5-7-10/h3-7,9,12H,2,8H2,1H3,(H,13,15). The van der Waals surface area contributed by atoms with Gasteiger partial charge in [-0.05, 0) is 5.56 Å². The van der Waals surface area contributed by atoms with Crippen molar-refractivity contribution in [3.05, 3.63) is 35.9 Å². The van der Waals surface area contributed by atoms with E-state index in [4.69, 9.17) is 4.74 Å². The van der Waals surface area contributed by atoms with E-state index < -0.39 is 6.23 Å². The summed E-state index contributed by atoms with van der Waals surface area (Å²) in [6, 6.07) is 9.53. The quantitative estimate of drug-likeness (QED) is 0.581. The maximum absolute atomic E-state index is 11.2. The Morgan fingerprint density at radius 3 is 2.69 bits per heavy atom. The normalized spacial score (nSPS) is 11.6. The zero-order valence-electron chi connectivity index (χ0n) is 9.18. The van der Waals surface area contributed by atoms with E-state index in [1.807, 2.05) is 30.3 Å². The Balaban J connectivity index is 2.57. The number of ether oxygens (including phenoxy) is 1. The van der Waals surface area contributed by atoms with E-state index in [2.05, 4.69) is 5.32 Å². The van der Waals surface area contributed by atoms with Crippen LogP contribution in [0.15, 0.2) is 30.3 Å². The second-order valence-corrected chi connectivity index (χ2v) is 3.33. The molecule has 0 radical (unpaired) electrons. The molecular weight excluding hydrogens is 206 g/mol. The van der Waals surface area contributed by atoms with E-state index in [-0.39, 0.29) is 5.91 Å². The molecule has 86 valence electrons. The third-order valence-electron chi connectivity index (χ3n) is 2.13. The molecule has 0 saturated carbocycles. The van der Waals surface area contributed by atoms with Crippen molar-refractivity contribution in [2.75, 3.05) is 0 Å². The number of carbonyl (C=O) groups is 2. The van der Waals surface area contributed by atoms with Crippen LogP contribution in [-0.2, 0) is 20.7 Å². The van der Waals surface area contributed by atoms with Crippen molar-refractivity contribution in [3.8, 4) is 0 Å². The zero-order valence-corrected chi connectivity index (χ0v) is 9.18. The molecule has 0 spiro atoms. The van der Waals surface area contributed by atoms with E-state index in [0.29, 0.717) is 19.3 Å². The lowest BCUT2D eigenvalue weighted by Gasteiger charge is -2.16. The molecule has 0 aliphatic rings. The van der Waals surface area contributed by atoms with Crippen LogP contribution in [0.1, 0.15) is 18.9 Å². The first-order chi connectivity index (χ1) is 7.76. The first kappa shape index (κ1) is 12.2. The second-order valence-electron chi connectivity index (χ2n) is 3.33. The molecule has 0 aliphatic carbocycles. The summed E-state index contributed by atoms with van der Waals surface area (Å²) in [5.74, 6) is -0.136. The van der Waals surface area contributed by atoms with Gasteiger partial charge in [-0.3, -0.25) is 9.59 Å². The fraction of sp³-hybridized carbons (Fsp3) is 0.333. The average molecular weight is 221 g/mol. The van der Waals surface area contributed by atoms with Crippen molar-refractivity contribution >= 4 is 12.4 Å². The van der Waals surface area contributed by atoms with Crippen LogP contribution in [0.4, 0.5) is 0 Å². The fourth-order valence-corrected chi connectivity index (χ4v) is 1.31. The van der Waals surface area contributed by atoms with Crippen LogP contribution >= 0.6 is 0 Å². The summed E-state index contributed by atoms with van der Waals surface area (Å²) in [4.78, 5) is 21.5. The summed E-state index contributed by atoms with van der Waals surface area (Å²) < 4.78 is 4.81. The van der Waals surface area contributed by atoms with Gasteiger partial charge < -0.3 is 10.1 Å². The molecule has 0 bridgehead atoms. The lowest BCUT2D eigenvalue weighted by atomic mass is 10.1. The molecule has 1 atom stereocenters. The highest BCUT2D eigenvalue weighted by Crippen LogP contribution is 2.03. The van der Waals surface area contributed by atoms with Gasteiger partial charge in [-0.2, -0.15) is 0 Å². The molecule has 1 unspecified atom stereocenters. The SMILES string of the molecule is CCC(=O)NC(Cc1ccccc1)OC=O. The molecule has 1 aromatic carbocycles. The number of rotatable bonds is 6. The Morgan fingerprint density at radius 2 is 2.12 bits per heavy atom. The Hall–Kier alpha value is -1.84. The smallest absolute Gasteiger partial charge is 0.295 e. The second kappa shape index (κ2) is 6.61. The van der Waals surface area contributed by atoms with Crippen LogP contribution < -0.4 is 5.32 Å². The summed E-state index contributed by atoms with van der Waals surface area (Å²) in [7, 11) is 0. The summed E-state index contributed by atoms with van der Waals surface area (Å²) in [6.45, 7) is 2.10. The van der Waals surface area contributed by atoms with Crippen LogP contribution in [0.25, 0.3) is 0 Å². The van der Waals surface area contributed by atoms with E-state index in [9.17, 15) is 9.59 Å². The average Bonchev–Trinajstić information content (AvgIpc) is 2.30. The van der Waals surface area contributed by atoms with Crippen molar-refractivity contribution in [1.29, 1.82) is 0 Å². The minimum atomic E-state index is -0.590. The molecule has 1 N–H and O–H groups in total. The van der Waals surface area contributed by atoms with Crippen molar-refractivity contribution in [2.45, 2.75) is 26.0 Å². The highest BCUT2D eigenvalue weighted by Gasteiger charge is 2.12. The van der Waals surface area contributed by atoms with Gasteiger partial charge in [-0.15, -0.1) is 0 Å². The van der Waals surface area contributed by atoms with Gasteiger partial charge in [-0.1, -0.05) is 37.3 Å². The van der Waals surface area contributed by atoms with Crippen LogP contribution in [0, 0.1) is 0 Å². The number of nitrogens with one attached hydrogen (secondary N) is 1. The molecule has 1 amide bonds.